The molecule has 0 aliphatic heterocycles. The van der Waals surface area contributed by atoms with E-state index in [0.29, 0.717) is 17.1 Å². The Morgan fingerprint density at radius 1 is 1.30 bits per heavy atom. The second-order valence-electron chi connectivity index (χ2n) is 4.49. The molecule has 0 amide bonds. The molecular formula is C13H13ClF3N3. The Balaban J connectivity index is 2.13. The minimum atomic E-state index is -4.34. The largest absolute Gasteiger partial charge is 0.416 e. The lowest BCUT2D eigenvalue weighted by Gasteiger charge is -2.14. The third-order valence-electron chi connectivity index (χ3n) is 3.08. The molecule has 2 N–H and O–H groups in total. The molecule has 0 spiro atoms. The van der Waals surface area contributed by atoms with Gasteiger partial charge >= 0.3 is 6.18 Å². The van der Waals surface area contributed by atoms with Crippen LogP contribution < -0.4 is 5.73 Å². The van der Waals surface area contributed by atoms with Gasteiger partial charge in [-0.05, 0) is 24.6 Å². The molecule has 1 aromatic carbocycles. The summed E-state index contributed by atoms with van der Waals surface area (Å²) in [7, 11) is 0. The van der Waals surface area contributed by atoms with Crippen LogP contribution in [-0.4, -0.2) is 9.78 Å². The lowest BCUT2D eigenvalue weighted by Crippen LogP contribution is -2.19. The van der Waals surface area contributed by atoms with Crippen LogP contribution in [0.2, 0.25) is 5.02 Å². The van der Waals surface area contributed by atoms with Crippen LogP contribution in [0, 0.1) is 6.92 Å². The summed E-state index contributed by atoms with van der Waals surface area (Å²) in [6.07, 6.45) is -2.83. The second-order valence-corrected chi connectivity index (χ2v) is 4.89. The molecule has 1 atom stereocenters. The van der Waals surface area contributed by atoms with Gasteiger partial charge in [0, 0.05) is 6.04 Å². The van der Waals surface area contributed by atoms with Crippen molar-refractivity contribution in [1.82, 2.24) is 9.78 Å². The van der Waals surface area contributed by atoms with Crippen molar-refractivity contribution in [3.63, 3.8) is 0 Å². The lowest BCUT2D eigenvalue weighted by atomic mass is 10.1. The molecule has 1 aromatic heterocycles. The molecule has 0 fully saturated rings. The molecule has 0 radical (unpaired) electrons. The molecule has 0 bridgehead atoms. The number of benzene rings is 1. The van der Waals surface area contributed by atoms with E-state index in [-0.39, 0.29) is 0 Å². The number of aromatic nitrogens is 2. The highest BCUT2D eigenvalue weighted by Gasteiger charge is 2.30. The first-order valence-electron chi connectivity index (χ1n) is 5.89. The van der Waals surface area contributed by atoms with Crippen molar-refractivity contribution in [1.29, 1.82) is 0 Å². The smallest absolute Gasteiger partial charge is 0.322 e. The van der Waals surface area contributed by atoms with Gasteiger partial charge in [-0.3, -0.25) is 4.68 Å². The number of hydrogen-bond acceptors (Lipinski definition) is 2. The van der Waals surface area contributed by atoms with Gasteiger partial charge in [0.1, 0.15) is 0 Å². The Kier molecular flexibility index (Phi) is 4.06. The molecule has 7 heteroatoms. The van der Waals surface area contributed by atoms with Gasteiger partial charge < -0.3 is 5.73 Å². The Morgan fingerprint density at radius 3 is 2.35 bits per heavy atom. The molecule has 0 aliphatic carbocycles. The van der Waals surface area contributed by atoms with Crippen molar-refractivity contribution in [3.05, 3.63) is 52.3 Å². The number of hydrogen-bond donors (Lipinski definition) is 1. The van der Waals surface area contributed by atoms with Crippen LogP contribution in [0.15, 0.2) is 30.5 Å². The first-order chi connectivity index (χ1) is 9.29. The Hall–Kier alpha value is -1.53. The average Bonchev–Trinajstić information content (AvgIpc) is 2.70. The van der Waals surface area contributed by atoms with Gasteiger partial charge in [-0.2, -0.15) is 18.3 Å². The summed E-state index contributed by atoms with van der Waals surface area (Å²) in [6, 6.07) is 4.37. The molecule has 3 nitrogen and oxygen atoms in total. The summed E-state index contributed by atoms with van der Waals surface area (Å²) < 4.78 is 39.0. The van der Waals surface area contributed by atoms with E-state index in [2.05, 4.69) is 5.10 Å². The maximum Gasteiger partial charge on any atom is 0.416 e. The van der Waals surface area contributed by atoms with Crippen molar-refractivity contribution in [3.8, 4) is 0 Å². The summed E-state index contributed by atoms with van der Waals surface area (Å²) >= 11 is 5.88. The van der Waals surface area contributed by atoms with Gasteiger partial charge in [-0.1, -0.05) is 23.7 Å². The number of alkyl halides is 3. The highest BCUT2D eigenvalue weighted by atomic mass is 35.5. The highest BCUT2D eigenvalue weighted by molar-refractivity contribution is 6.31. The monoisotopic (exact) mass is 303 g/mol. The summed E-state index contributed by atoms with van der Waals surface area (Å²) in [5.41, 5.74) is 6.68. The van der Waals surface area contributed by atoms with E-state index in [0.717, 1.165) is 17.8 Å². The fourth-order valence-electron chi connectivity index (χ4n) is 1.82. The summed E-state index contributed by atoms with van der Waals surface area (Å²) in [4.78, 5) is 0. The van der Waals surface area contributed by atoms with Gasteiger partial charge in [0.15, 0.2) is 0 Å². The van der Waals surface area contributed by atoms with Crippen LogP contribution in [-0.2, 0) is 12.7 Å². The molecule has 108 valence electrons. The molecule has 1 unspecified atom stereocenters. The molecular weight excluding hydrogens is 291 g/mol. The van der Waals surface area contributed by atoms with Gasteiger partial charge in [0.2, 0.25) is 0 Å². The maximum absolute atomic E-state index is 12.5. The Bertz CT molecular complexity index is 590. The van der Waals surface area contributed by atoms with E-state index in [1.54, 1.807) is 11.6 Å². The predicted octanol–water partition coefficient (Wildman–Crippen LogP) is 3.56. The third-order valence-corrected chi connectivity index (χ3v) is 3.45. The van der Waals surface area contributed by atoms with Crippen LogP contribution in [0.5, 0.6) is 0 Å². The molecule has 0 saturated heterocycles. The molecule has 0 saturated carbocycles. The first-order valence-corrected chi connectivity index (χ1v) is 6.27. The predicted molar refractivity (Wildman–Crippen MR) is 70.3 cm³/mol. The Morgan fingerprint density at radius 2 is 1.90 bits per heavy atom. The van der Waals surface area contributed by atoms with Crippen LogP contribution in [0.3, 0.4) is 0 Å². The molecule has 2 aromatic rings. The molecule has 1 heterocycles. The average molecular weight is 304 g/mol. The number of rotatable bonds is 3. The number of nitrogens with two attached hydrogens (primary N) is 1. The molecule has 2 rings (SSSR count). The first kappa shape index (κ1) is 14.9. The Labute approximate surface area is 119 Å². The number of halogens is 4. The zero-order chi connectivity index (χ0) is 14.9. The van der Waals surface area contributed by atoms with E-state index >= 15 is 0 Å². The molecule has 20 heavy (non-hydrogen) atoms. The minimum Gasteiger partial charge on any atom is -0.322 e. The topological polar surface area (TPSA) is 43.8 Å². The zero-order valence-electron chi connectivity index (χ0n) is 10.7. The van der Waals surface area contributed by atoms with Crippen molar-refractivity contribution in [2.75, 3.05) is 0 Å². The van der Waals surface area contributed by atoms with E-state index < -0.39 is 17.8 Å². The SMILES string of the molecule is Cc1c(Cl)cnn1CC(N)c1ccc(C(F)(F)F)cc1. The van der Waals surface area contributed by atoms with Crippen molar-refractivity contribution < 1.29 is 13.2 Å². The van der Waals surface area contributed by atoms with Crippen LogP contribution >= 0.6 is 11.6 Å². The molecule has 0 aliphatic rings. The summed E-state index contributed by atoms with van der Waals surface area (Å²) in [5.74, 6) is 0. The van der Waals surface area contributed by atoms with Crippen molar-refractivity contribution >= 4 is 11.6 Å². The van der Waals surface area contributed by atoms with E-state index in [1.165, 1.54) is 18.3 Å². The second kappa shape index (κ2) is 5.46. The maximum atomic E-state index is 12.5. The minimum absolute atomic E-state index is 0.351. The van der Waals surface area contributed by atoms with Gasteiger partial charge in [0.05, 0.1) is 29.0 Å². The van der Waals surface area contributed by atoms with Crippen molar-refractivity contribution in [2.24, 2.45) is 5.73 Å². The van der Waals surface area contributed by atoms with Crippen LogP contribution in [0.25, 0.3) is 0 Å². The fourth-order valence-corrected chi connectivity index (χ4v) is 1.96. The fraction of sp³-hybridized carbons (Fsp3) is 0.308. The van der Waals surface area contributed by atoms with E-state index in [1.807, 2.05) is 0 Å². The quantitative estimate of drug-likeness (QED) is 0.942. The van der Waals surface area contributed by atoms with E-state index in [9.17, 15) is 13.2 Å². The van der Waals surface area contributed by atoms with Crippen molar-refractivity contribution in [2.45, 2.75) is 25.7 Å². The van der Waals surface area contributed by atoms with Crippen LogP contribution in [0.4, 0.5) is 13.2 Å². The zero-order valence-corrected chi connectivity index (χ0v) is 11.4. The summed E-state index contributed by atoms with van der Waals surface area (Å²) in [6.45, 7) is 2.15. The number of nitrogens with zero attached hydrogens (tertiary/aromatic N) is 2. The van der Waals surface area contributed by atoms with Gasteiger partial charge in [-0.15, -0.1) is 0 Å². The normalized spacial score (nSPS) is 13.5. The summed E-state index contributed by atoms with van der Waals surface area (Å²) in [5, 5.41) is 4.59. The van der Waals surface area contributed by atoms with Crippen LogP contribution in [0.1, 0.15) is 22.9 Å². The van der Waals surface area contributed by atoms with Gasteiger partial charge in [0.25, 0.3) is 0 Å². The van der Waals surface area contributed by atoms with E-state index in [4.69, 9.17) is 17.3 Å². The highest BCUT2D eigenvalue weighted by Crippen LogP contribution is 2.30. The standard InChI is InChI=1S/C13H13ClF3N3/c1-8-11(14)6-19-20(8)7-12(18)9-2-4-10(5-3-9)13(15,16)17/h2-6,12H,7,18H2,1H3. The third kappa shape index (κ3) is 3.13. The lowest BCUT2D eigenvalue weighted by molar-refractivity contribution is -0.137. The van der Waals surface area contributed by atoms with Gasteiger partial charge in [-0.25, -0.2) is 0 Å².